The van der Waals surface area contributed by atoms with Crippen LogP contribution in [0.4, 0.5) is 0 Å². The summed E-state index contributed by atoms with van der Waals surface area (Å²) in [6.07, 6.45) is 1.01. The maximum Gasteiger partial charge on any atom is 0.150 e. The Labute approximate surface area is 180 Å². The number of carbonyl (C=O) groups is 1. The molecular formula is C30H18O. The molecule has 0 saturated heterocycles. The Morgan fingerprint density at radius 2 is 1.00 bits per heavy atom. The molecule has 0 aliphatic heterocycles. The molecule has 31 heavy (non-hydrogen) atoms. The van der Waals surface area contributed by atoms with Crippen molar-refractivity contribution in [1.29, 1.82) is 0 Å². The number of rotatable bonds is 1. The van der Waals surface area contributed by atoms with Crippen LogP contribution >= 0.6 is 0 Å². The van der Waals surface area contributed by atoms with Gasteiger partial charge < -0.3 is 0 Å². The molecule has 144 valence electrons. The minimum Gasteiger partial charge on any atom is -0.298 e. The lowest BCUT2D eigenvalue weighted by molar-refractivity contribution is 0.112. The first kappa shape index (κ1) is 16.8. The maximum absolute atomic E-state index is 12.2. The van der Waals surface area contributed by atoms with Gasteiger partial charge in [-0.25, -0.2) is 0 Å². The zero-order valence-corrected chi connectivity index (χ0v) is 16.8. The third-order valence-corrected chi connectivity index (χ3v) is 7.16. The molecule has 0 saturated carbocycles. The Hall–Kier alpha value is -3.97. The summed E-state index contributed by atoms with van der Waals surface area (Å²) in [5, 5.41) is 2.16. The predicted molar refractivity (Wildman–Crippen MR) is 126 cm³/mol. The lowest BCUT2D eigenvalue weighted by Gasteiger charge is -2.30. The number of carbonyl (C=O) groups excluding carboxylic acids is 1. The van der Waals surface area contributed by atoms with E-state index in [-0.39, 0.29) is 0 Å². The third kappa shape index (κ3) is 1.85. The van der Waals surface area contributed by atoms with Gasteiger partial charge >= 0.3 is 0 Å². The molecule has 0 amide bonds. The minimum absolute atomic E-state index is 0.402. The van der Waals surface area contributed by atoms with Gasteiger partial charge in [-0.3, -0.25) is 4.79 Å². The Kier molecular flexibility index (Phi) is 3.14. The first-order valence-corrected chi connectivity index (χ1v) is 10.7. The average molecular weight is 394 g/mol. The molecule has 1 nitrogen and oxygen atoms in total. The van der Waals surface area contributed by atoms with E-state index >= 15 is 0 Å². The van der Waals surface area contributed by atoms with Crippen LogP contribution in [0.3, 0.4) is 0 Å². The fourth-order valence-corrected chi connectivity index (χ4v) is 6.08. The van der Waals surface area contributed by atoms with Crippen LogP contribution in [0, 0.1) is 0 Å². The van der Waals surface area contributed by atoms with Crippen LogP contribution in [-0.2, 0) is 5.41 Å². The summed E-state index contributed by atoms with van der Waals surface area (Å²) in [4.78, 5) is 12.2. The highest BCUT2D eigenvalue weighted by Gasteiger charge is 2.51. The second-order valence-corrected chi connectivity index (χ2v) is 8.44. The van der Waals surface area contributed by atoms with Crippen molar-refractivity contribution in [2.75, 3.05) is 0 Å². The SMILES string of the molecule is O=Cc1cc2c(c3ccccc13)-c1ccccc1C21c2ccccc2-c2ccccc21. The number of benzene rings is 5. The normalized spacial score (nSPS) is 14.2. The van der Waals surface area contributed by atoms with Gasteiger partial charge in [0.25, 0.3) is 0 Å². The molecule has 0 unspecified atom stereocenters. The summed E-state index contributed by atoms with van der Waals surface area (Å²) in [5.41, 5.74) is 10.5. The fraction of sp³-hybridized carbons (Fsp3) is 0.0333. The molecule has 0 radical (unpaired) electrons. The van der Waals surface area contributed by atoms with Crippen LogP contribution in [0.2, 0.25) is 0 Å². The zero-order chi connectivity index (χ0) is 20.6. The number of hydrogen-bond donors (Lipinski definition) is 0. The molecule has 0 heterocycles. The largest absolute Gasteiger partial charge is 0.298 e. The Balaban J connectivity index is 1.77. The zero-order valence-electron chi connectivity index (χ0n) is 16.8. The van der Waals surface area contributed by atoms with Crippen molar-refractivity contribution >= 4 is 17.1 Å². The number of aldehydes is 1. The highest BCUT2D eigenvalue weighted by Crippen LogP contribution is 2.63. The lowest BCUT2D eigenvalue weighted by Crippen LogP contribution is -2.26. The highest BCUT2D eigenvalue weighted by atomic mass is 16.1. The molecule has 5 aromatic rings. The summed E-state index contributed by atoms with van der Waals surface area (Å²) >= 11 is 0. The molecule has 2 aliphatic carbocycles. The molecule has 5 aromatic carbocycles. The molecule has 2 aliphatic rings. The first-order valence-electron chi connectivity index (χ1n) is 10.7. The van der Waals surface area contributed by atoms with Crippen molar-refractivity contribution in [1.82, 2.24) is 0 Å². The molecule has 1 heteroatoms. The van der Waals surface area contributed by atoms with Gasteiger partial charge in [0.05, 0.1) is 5.41 Å². The van der Waals surface area contributed by atoms with Gasteiger partial charge in [-0.1, -0.05) is 97.1 Å². The molecule has 1 spiro atoms. The van der Waals surface area contributed by atoms with E-state index in [2.05, 4.69) is 97.1 Å². The van der Waals surface area contributed by atoms with E-state index in [9.17, 15) is 4.79 Å². The van der Waals surface area contributed by atoms with Crippen LogP contribution in [0.1, 0.15) is 32.6 Å². The average Bonchev–Trinajstić information content (AvgIpc) is 3.31. The molecule has 7 rings (SSSR count). The summed E-state index contributed by atoms with van der Waals surface area (Å²) in [6.45, 7) is 0. The Morgan fingerprint density at radius 1 is 0.516 bits per heavy atom. The molecular weight excluding hydrogens is 376 g/mol. The van der Waals surface area contributed by atoms with Crippen molar-refractivity contribution in [2.24, 2.45) is 0 Å². The van der Waals surface area contributed by atoms with Crippen molar-refractivity contribution < 1.29 is 4.79 Å². The summed E-state index contributed by atoms with van der Waals surface area (Å²) in [7, 11) is 0. The van der Waals surface area contributed by atoms with E-state index in [4.69, 9.17) is 0 Å². The predicted octanol–water partition coefficient (Wildman–Crippen LogP) is 7.00. The van der Waals surface area contributed by atoms with Crippen molar-refractivity contribution in [2.45, 2.75) is 5.41 Å². The standard InChI is InChI=1S/C30H18O/c31-18-19-17-28-29(23-12-2-1-9-20(19)23)24-13-5-8-16-27(24)30(28)25-14-6-3-10-21(25)22-11-4-7-15-26(22)30/h1-18H. The van der Waals surface area contributed by atoms with Crippen LogP contribution < -0.4 is 0 Å². The highest BCUT2D eigenvalue weighted by molar-refractivity contribution is 6.11. The van der Waals surface area contributed by atoms with Gasteiger partial charge in [0.15, 0.2) is 6.29 Å². The number of hydrogen-bond acceptors (Lipinski definition) is 1. The smallest absolute Gasteiger partial charge is 0.150 e. The van der Waals surface area contributed by atoms with Gasteiger partial charge in [-0.05, 0) is 61.3 Å². The van der Waals surface area contributed by atoms with Crippen LogP contribution in [-0.4, -0.2) is 6.29 Å². The fourth-order valence-electron chi connectivity index (χ4n) is 6.08. The summed E-state index contributed by atoms with van der Waals surface area (Å²) in [5.74, 6) is 0. The van der Waals surface area contributed by atoms with E-state index < -0.39 is 5.41 Å². The molecule has 0 bridgehead atoms. The van der Waals surface area contributed by atoms with Crippen LogP contribution in [0.5, 0.6) is 0 Å². The van der Waals surface area contributed by atoms with Gasteiger partial charge in [-0.15, -0.1) is 0 Å². The molecule has 0 atom stereocenters. The van der Waals surface area contributed by atoms with Gasteiger partial charge in [0, 0.05) is 5.56 Å². The van der Waals surface area contributed by atoms with Crippen molar-refractivity contribution in [3.8, 4) is 22.3 Å². The van der Waals surface area contributed by atoms with Crippen LogP contribution in [0.15, 0.2) is 103 Å². The minimum atomic E-state index is -0.402. The van der Waals surface area contributed by atoms with Gasteiger partial charge in [-0.2, -0.15) is 0 Å². The lowest BCUT2D eigenvalue weighted by atomic mass is 9.70. The van der Waals surface area contributed by atoms with Crippen molar-refractivity contribution in [3.63, 3.8) is 0 Å². The Morgan fingerprint density at radius 3 is 1.61 bits per heavy atom. The summed E-state index contributed by atoms with van der Waals surface area (Å²) in [6, 6.07) is 36.7. The number of fused-ring (bicyclic) bond motifs is 12. The van der Waals surface area contributed by atoms with Gasteiger partial charge in [0.1, 0.15) is 0 Å². The topological polar surface area (TPSA) is 17.1 Å². The van der Waals surface area contributed by atoms with E-state index in [0.717, 1.165) is 22.6 Å². The van der Waals surface area contributed by atoms with E-state index in [1.54, 1.807) is 0 Å². The van der Waals surface area contributed by atoms with E-state index in [1.807, 2.05) is 6.07 Å². The van der Waals surface area contributed by atoms with E-state index in [1.165, 1.54) is 44.5 Å². The first-order chi connectivity index (χ1) is 15.4. The quantitative estimate of drug-likeness (QED) is 0.274. The third-order valence-electron chi connectivity index (χ3n) is 7.16. The van der Waals surface area contributed by atoms with Crippen LogP contribution in [0.25, 0.3) is 33.0 Å². The Bertz CT molecular complexity index is 1510. The second-order valence-electron chi connectivity index (χ2n) is 8.44. The van der Waals surface area contributed by atoms with Crippen molar-refractivity contribution in [3.05, 3.63) is 131 Å². The van der Waals surface area contributed by atoms with E-state index in [0.29, 0.717) is 0 Å². The maximum atomic E-state index is 12.2. The molecule has 0 fully saturated rings. The summed E-state index contributed by atoms with van der Waals surface area (Å²) < 4.78 is 0. The molecule has 0 aromatic heterocycles. The molecule has 0 N–H and O–H groups in total. The monoisotopic (exact) mass is 394 g/mol. The van der Waals surface area contributed by atoms with Gasteiger partial charge in [0.2, 0.25) is 0 Å². The second kappa shape index (κ2) is 5.80.